The molecule has 5 heteroatoms. The van der Waals surface area contributed by atoms with Crippen molar-refractivity contribution in [3.05, 3.63) is 53.6 Å². The molecular formula is C19H18N4S. The zero-order chi connectivity index (χ0) is 17.3. The normalized spacial score (nSPS) is 10.5. The molecule has 0 aliphatic carbocycles. The molecule has 0 radical (unpaired) electrons. The van der Waals surface area contributed by atoms with Crippen LogP contribution in [0.1, 0.15) is 18.1 Å². The molecule has 2 aromatic carbocycles. The smallest absolute Gasteiger partial charge is 0.168 e. The van der Waals surface area contributed by atoms with E-state index in [2.05, 4.69) is 35.9 Å². The predicted molar refractivity (Wildman–Crippen MR) is 103 cm³/mol. The van der Waals surface area contributed by atoms with Crippen LogP contribution in [0.15, 0.2) is 42.5 Å². The van der Waals surface area contributed by atoms with Crippen molar-refractivity contribution in [2.45, 2.75) is 20.4 Å². The van der Waals surface area contributed by atoms with E-state index in [-0.39, 0.29) is 5.11 Å². The number of nitriles is 1. The summed E-state index contributed by atoms with van der Waals surface area (Å²) in [7, 11) is 0. The summed E-state index contributed by atoms with van der Waals surface area (Å²) in [6.45, 7) is 4.93. The van der Waals surface area contributed by atoms with Gasteiger partial charge in [-0.3, -0.25) is 0 Å². The van der Waals surface area contributed by atoms with E-state index in [1.165, 1.54) is 5.56 Å². The molecule has 3 N–H and O–H groups in total. The van der Waals surface area contributed by atoms with Gasteiger partial charge in [0.1, 0.15) is 6.07 Å². The highest BCUT2D eigenvalue weighted by molar-refractivity contribution is 7.80. The van der Waals surface area contributed by atoms with Crippen LogP contribution in [0.4, 0.5) is 5.69 Å². The molecule has 0 unspecified atom stereocenters. The second-order valence-electron chi connectivity index (χ2n) is 5.67. The Labute approximate surface area is 146 Å². The third-order valence-electron chi connectivity index (χ3n) is 4.05. The highest BCUT2D eigenvalue weighted by Crippen LogP contribution is 2.34. The van der Waals surface area contributed by atoms with Gasteiger partial charge in [0.2, 0.25) is 0 Å². The monoisotopic (exact) mass is 334 g/mol. The first-order valence-corrected chi connectivity index (χ1v) is 8.15. The van der Waals surface area contributed by atoms with Crippen molar-refractivity contribution in [2.24, 2.45) is 5.73 Å². The van der Waals surface area contributed by atoms with E-state index >= 15 is 0 Å². The molecule has 0 saturated heterocycles. The predicted octanol–water partition coefficient (Wildman–Crippen LogP) is 4.16. The number of rotatable bonds is 3. The lowest BCUT2D eigenvalue weighted by Gasteiger charge is -2.11. The Hall–Kier alpha value is -2.84. The number of hydrogen-bond acceptors (Lipinski definition) is 2. The van der Waals surface area contributed by atoms with Gasteiger partial charge in [0.15, 0.2) is 5.11 Å². The van der Waals surface area contributed by atoms with Gasteiger partial charge in [-0.25, -0.2) is 0 Å². The first kappa shape index (κ1) is 16.0. The molecule has 0 saturated carbocycles. The number of fused-ring (bicyclic) bond motifs is 1. The average molecular weight is 334 g/mol. The van der Waals surface area contributed by atoms with E-state index in [1.807, 2.05) is 36.4 Å². The number of nitrogens with one attached hydrogen (secondary N) is 1. The van der Waals surface area contributed by atoms with E-state index in [9.17, 15) is 5.26 Å². The molecule has 0 aliphatic heterocycles. The van der Waals surface area contributed by atoms with Crippen LogP contribution in [-0.4, -0.2) is 9.68 Å². The van der Waals surface area contributed by atoms with Gasteiger partial charge in [-0.15, -0.1) is 0 Å². The molecule has 120 valence electrons. The molecule has 3 rings (SSSR count). The van der Waals surface area contributed by atoms with Gasteiger partial charge in [-0.1, -0.05) is 24.3 Å². The molecular weight excluding hydrogens is 316 g/mol. The fourth-order valence-electron chi connectivity index (χ4n) is 3.09. The number of anilines is 1. The summed E-state index contributed by atoms with van der Waals surface area (Å²) in [5, 5.41) is 13.9. The number of benzene rings is 2. The van der Waals surface area contributed by atoms with Crippen molar-refractivity contribution in [1.29, 1.82) is 5.26 Å². The number of nitrogens with two attached hydrogens (primary N) is 1. The summed E-state index contributed by atoms with van der Waals surface area (Å²) < 4.78 is 2.18. The Morgan fingerprint density at radius 2 is 2.08 bits per heavy atom. The zero-order valence-corrected chi connectivity index (χ0v) is 14.4. The third-order valence-corrected chi connectivity index (χ3v) is 4.15. The topological polar surface area (TPSA) is 66.8 Å². The fourth-order valence-corrected chi connectivity index (χ4v) is 3.21. The highest BCUT2D eigenvalue weighted by Gasteiger charge is 2.18. The second-order valence-corrected chi connectivity index (χ2v) is 6.11. The summed E-state index contributed by atoms with van der Waals surface area (Å²) in [6, 6.07) is 16.4. The maximum Gasteiger partial charge on any atom is 0.168 e. The first-order chi connectivity index (χ1) is 11.5. The van der Waals surface area contributed by atoms with Crippen LogP contribution in [0.5, 0.6) is 0 Å². The number of aryl methyl sites for hydroxylation is 2. The molecule has 24 heavy (non-hydrogen) atoms. The van der Waals surface area contributed by atoms with Gasteiger partial charge in [0.25, 0.3) is 0 Å². The second kappa shape index (κ2) is 6.34. The molecule has 1 aromatic heterocycles. The minimum absolute atomic E-state index is 0.222. The van der Waals surface area contributed by atoms with Gasteiger partial charge in [-0.2, -0.15) is 5.26 Å². The molecule has 0 bridgehead atoms. The van der Waals surface area contributed by atoms with Crippen LogP contribution >= 0.6 is 12.2 Å². The van der Waals surface area contributed by atoms with Crippen molar-refractivity contribution >= 4 is 33.9 Å². The SMILES string of the molecule is CCn1c(-c2cccc(NC(N)=S)c2)c(C#N)c2ccc(C)cc21. The molecule has 4 nitrogen and oxygen atoms in total. The van der Waals surface area contributed by atoms with Gasteiger partial charge in [0.05, 0.1) is 16.8 Å². The summed E-state index contributed by atoms with van der Waals surface area (Å²) in [5.74, 6) is 0. The van der Waals surface area contributed by atoms with Gasteiger partial charge in [-0.05, 0) is 49.8 Å². The third kappa shape index (κ3) is 2.72. The van der Waals surface area contributed by atoms with Crippen molar-refractivity contribution < 1.29 is 0 Å². The minimum Gasteiger partial charge on any atom is -0.376 e. The molecule has 0 spiro atoms. The number of nitrogens with zero attached hydrogens (tertiary/aromatic N) is 2. The van der Waals surface area contributed by atoms with Crippen molar-refractivity contribution in [3.8, 4) is 17.3 Å². The number of hydrogen-bond donors (Lipinski definition) is 2. The Bertz CT molecular complexity index is 979. The summed E-state index contributed by atoms with van der Waals surface area (Å²) >= 11 is 4.91. The van der Waals surface area contributed by atoms with Crippen LogP contribution in [0.25, 0.3) is 22.2 Å². The summed E-state index contributed by atoms with van der Waals surface area (Å²) in [5.41, 5.74) is 11.2. The van der Waals surface area contributed by atoms with Gasteiger partial charge >= 0.3 is 0 Å². The average Bonchev–Trinajstić information content (AvgIpc) is 2.87. The lowest BCUT2D eigenvalue weighted by atomic mass is 10.0. The van der Waals surface area contributed by atoms with Gasteiger partial charge < -0.3 is 15.6 Å². The fraction of sp³-hybridized carbons (Fsp3) is 0.158. The van der Waals surface area contributed by atoms with E-state index in [0.717, 1.165) is 34.4 Å². The lowest BCUT2D eigenvalue weighted by molar-refractivity contribution is 0.804. The van der Waals surface area contributed by atoms with Crippen LogP contribution in [0, 0.1) is 18.3 Å². The Balaban J connectivity index is 2.30. The minimum atomic E-state index is 0.222. The van der Waals surface area contributed by atoms with Crippen molar-refractivity contribution in [1.82, 2.24) is 4.57 Å². The van der Waals surface area contributed by atoms with Crippen LogP contribution in [-0.2, 0) is 6.54 Å². The Morgan fingerprint density at radius 1 is 1.29 bits per heavy atom. The largest absolute Gasteiger partial charge is 0.376 e. The summed E-state index contributed by atoms with van der Waals surface area (Å²) in [6.07, 6.45) is 0. The van der Waals surface area contributed by atoms with Crippen LogP contribution in [0.2, 0.25) is 0 Å². The quantitative estimate of drug-likeness (QED) is 0.706. The maximum absolute atomic E-state index is 9.75. The first-order valence-electron chi connectivity index (χ1n) is 7.75. The van der Waals surface area contributed by atoms with Crippen LogP contribution in [0.3, 0.4) is 0 Å². The molecule has 0 fully saturated rings. The number of aromatic nitrogens is 1. The van der Waals surface area contributed by atoms with E-state index in [0.29, 0.717) is 5.56 Å². The van der Waals surface area contributed by atoms with Crippen LogP contribution < -0.4 is 11.1 Å². The molecule has 3 aromatic rings. The highest BCUT2D eigenvalue weighted by atomic mass is 32.1. The zero-order valence-electron chi connectivity index (χ0n) is 13.6. The van der Waals surface area contributed by atoms with Crippen molar-refractivity contribution in [3.63, 3.8) is 0 Å². The summed E-state index contributed by atoms with van der Waals surface area (Å²) in [4.78, 5) is 0. The van der Waals surface area contributed by atoms with Crippen molar-refractivity contribution in [2.75, 3.05) is 5.32 Å². The van der Waals surface area contributed by atoms with Gasteiger partial charge in [0, 0.05) is 23.2 Å². The number of thiocarbonyl (C=S) groups is 1. The maximum atomic E-state index is 9.75. The Kier molecular flexibility index (Phi) is 4.24. The van der Waals surface area contributed by atoms with E-state index < -0.39 is 0 Å². The van der Waals surface area contributed by atoms with E-state index in [1.54, 1.807) is 0 Å². The molecule has 0 atom stereocenters. The Morgan fingerprint density at radius 3 is 2.75 bits per heavy atom. The molecule has 0 amide bonds. The standard InChI is InChI=1S/C19H18N4S/c1-3-23-17-9-12(2)7-8-15(17)16(11-20)18(23)13-5-4-6-14(10-13)22-19(21)24/h4-10H,3H2,1-2H3,(H3,21,22,24). The van der Waals surface area contributed by atoms with E-state index in [4.69, 9.17) is 18.0 Å². The molecule has 0 aliphatic rings. The lowest BCUT2D eigenvalue weighted by Crippen LogP contribution is -2.18. The molecule has 1 heterocycles.